The average molecular weight is 192 g/mol. The summed E-state index contributed by atoms with van der Waals surface area (Å²) in [6, 6.07) is -4.28. The number of hydrogen-bond acceptors (Lipinski definition) is 1. The van der Waals surface area contributed by atoms with Crippen LogP contribution in [0, 0.1) is 0 Å². The van der Waals surface area contributed by atoms with Crippen LogP contribution < -0.4 is 5.72 Å². The van der Waals surface area contributed by atoms with Crippen molar-refractivity contribution >= 4 is 5.69 Å². The molecule has 1 aliphatic carbocycles. The summed E-state index contributed by atoms with van der Waals surface area (Å²) in [5.41, 5.74) is -1.95. The van der Waals surface area contributed by atoms with Gasteiger partial charge in [-0.2, -0.15) is 0 Å². The lowest BCUT2D eigenvalue weighted by molar-refractivity contribution is 1.26. The zero-order valence-electron chi connectivity index (χ0n) is 17.9. The molecule has 14 heavy (non-hydrogen) atoms. The first kappa shape index (κ1) is 2.43. The Morgan fingerprint density at radius 3 is 2.93 bits per heavy atom. The van der Waals surface area contributed by atoms with E-state index in [1.807, 2.05) is 0 Å². The fourth-order valence-electron chi connectivity index (χ4n) is 1.40. The minimum atomic E-state index is -2.52. The Morgan fingerprint density at radius 1 is 1.14 bits per heavy atom. The van der Waals surface area contributed by atoms with Crippen molar-refractivity contribution < 1.29 is 15.2 Å². The molecule has 0 fully saturated rings. The second-order valence-corrected chi connectivity index (χ2v) is 2.85. The van der Waals surface area contributed by atoms with Crippen LogP contribution in [0.5, 0.6) is 0 Å². The number of nitrogen functional groups attached to an aromatic ring is 1. The van der Waals surface area contributed by atoms with E-state index in [1.165, 1.54) is 0 Å². The van der Waals surface area contributed by atoms with Crippen LogP contribution in [0.3, 0.4) is 0 Å². The predicted molar refractivity (Wildman–Crippen MR) is 59.1 cm³/mol. The number of fused-ring (bicyclic) bond motifs is 3. The molecule has 2 N–H and O–H groups in total. The second-order valence-electron chi connectivity index (χ2n) is 2.85. The highest BCUT2D eigenvalue weighted by Gasteiger charge is 2.16. The lowest BCUT2D eigenvalue weighted by atomic mass is 10.1. The van der Waals surface area contributed by atoms with Gasteiger partial charge in [0.2, 0.25) is 0 Å². The van der Waals surface area contributed by atoms with E-state index in [-0.39, 0.29) is 16.8 Å². The van der Waals surface area contributed by atoms with Crippen LogP contribution in [-0.2, 0) is 6.37 Å². The molecule has 2 aromatic carbocycles. The normalized spacial score (nSPS) is 26.7. The lowest BCUT2D eigenvalue weighted by Crippen LogP contribution is -1.86. The number of nitrogens with two attached hydrogens (primary N) is 1. The fourth-order valence-corrected chi connectivity index (χ4v) is 1.40. The van der Waals surface area contributed by atoms with Gasteiger partial charge in [-0.3, -0.25) is 0 Å². The van der Waals surface area contributed by atoms with Gasteiger partial charge in [-0.1, -0.05) is 30.2 Å². The first-order chi connectivity index (χ1) is 11.4. The summed E-state index contributed by atoms with van der Waals surface area (Å²) in [5.74, 6) is 0. The molecule has 0 aliphatic heterocycles. The molecule has 68 valence electrons. The van der Waals surface area contributed by atoms with Gasteiger partial charge in [0.25, 0.3) is 0 Å². The summed E-state index contributed by atoms with van der Waals surface area (Å²) in [4.78, 5) is 0. The Balaban J connectivity index is 2.60. The second kappa shape index (κ2) is 2.61. The molecule has 1 aliphatic rings. The van der Waals surface area contributed by atoms with E-state index < -0.39 is 65.5 Å². The average Bonchev–Trinajstić information content (AvgIpc) is 2.76. The molecule has 1 nitrogen and oxygen atoms in total. The molecule has 3 rings (SSSR count). The Bertz CT molecular complexity index is 935. The molecule has 0 saturated carbocycles. The molecule has 0 amide bonds. The van der Waals surface area contributed by atoms with E-state index in [9.17, 15) is 0 Å². The van der Waals surface area contributed by atoms with Crippen LogP contribution in [0.25, 0.3) is 11.1 Å². The third-order valence-electron chi connectivity index (χ3n) is 1.99. The monoisotopic (exact) mass is 192 g/mol. The Hall–Kier alpha value is -1.76. The van der Waals surface area contributed by atoms with Crippen molar-refractivity contribution in [3.63, 3.8) is 0 Å². The summed E-state index contributed by atoms with van der Waals surface area (Å²) in [7, 11) is 0. The largest absolute Gasteiger partial charge is 0.399 e. The van der Waals surface area contributed by atoms with Gasteiger partial charge in [0.05, 0.1) is 9.60 Å². The zero-order chi connectivity index (χ0) is 19.0. The van der Waals surface area contributed by atoms with Gasteiger partial charge in [0.1, 0.15) is 0 Å². The highest BCUT2D eigenvalue weighted by atomic mass is 14.5. The number of benzene rings is 2. The lowest BCUT2D eigenvalue weighted by Gasteiger charge is -2.00. The van der Waals surface area contributed by atoms with Crippen LogP contribution in [0.4, 0.5) is 5.69 Å². The van der Waals surface area contributed by atoms with Crippen LogP contribution in [0.1, 0.15) is 23.5 Å². The summed E-state index contributed by atoms with van der Waals surface area (Å²) >= 11 is 0. The highest BCUT2D eigenvalue weighted by Crippen LogP contribution is 2.36. The number of rotatable bonds is 1. The van der Waals surface area contributed by atoms with Gasteiger partial charge in [-0.05, 0) is 40.7 Å². The van der Waals surface area contributed by atoms with Gasteiger partial charge in [-0.15, -0.1) is 0 Å². The molecule has 0 spiro atoms. The topological polar surface area (TPSA) is 26.0 Å². The molecule has 1 heteroatoms. The van der Waals surface area contributed by atoms with Crippen molar-refractivity contribution in [3.8, 4) is 11.1 Å². The first-order valence-electron chi connectivity index (χ1n) is 9.37. The maximum atomic E-state index is 8.31. The van der Waals surface area contributed by atoms with Crippen LogP contribution >= 0.6 is 0 Å². The Morgan fingerprint density at radius 2 is 2.00 bits per heavy atom. The molecule has 0 radical (unpaired) electrons. The van der Waals surface area contributed by atoms with E-state index in [4.69, 9.17) is 15.2 Å². The van der Waals surface area contributed by atoms with Crippen LogP contribution in [0.2, 0.25) is 2.82 Å². The molecular formula is C13H11N. The molecule has 2 aromatic rings. The first-order valence-corrected chi connectivity index (χ1v) is 3.97. The van der Waals surface area contributed by atoms with Gasteiger partial charge in [0, 0.05) is 8.43 Å². The van der Waals surface area contributed by atoms with Gasteiger partial charge in [-0.25, -0.2) is 0 Å². The SMILES string of the molecule is [2H]c1c([2H])c([2H])c2c(c1[2H])-c1c([2H])c([2H])c(N([2H])[2H])c([2H])c1C2([2H])[2H]. The molecule has 0 heterocycles. The van der Waals surface area contributed by atoms with Crippen molar-refractivity contribution in [3.05, 3.63) is 53.4 Å². The van der Waals surface area contributed by atoms with Crippen molar-refractivity contribution in [2.45, 2.75) is 6.37 Å². The molecule has 0 aromatic heterocycles. The Kier molecular flexibility index (Phi) is 0.453. The molecule has 0 atom stereocenters. The van der Waals surface area contributed by atoms with Crippen molar-refractivity contribution in [2.24, 2.45) is 0 Å². The molecule has 0 bridgehead atoms. The van der Waals surface area contributed by atoms with Crippen LogP contribution in [-0.4, -0.2) is 0 Å². The van der Waals surface area contributed by atoms with E-state index in [0.29, 0.717) is 0 Å². The summed E-state index contributed by atoms with van der Waals surface area (Å²) in [6.45, 7) is 0. The smallest absolute Gasteiger partial charge is 0.156 e. The van der Waals surface area contributed by atoms with Gasteiger partial charge in [0.15, 0.2) is 2.82 Å². The summed E-state index contributed by atoms with van der Waals surface area (Å²) in [5, 5.41) is 0. The van der Waals surface area contributed by atoms with Crippen molar-refractivity contribution in [2.75, 3.05) is 5.72 Å². The van der Waals surface area contributed by atoms with E-state index in [2.05, 4.69) is 0 Å². The number of hydrogen-bond donors (Lipinski definition) is 1. The zero-order valence-corrected chi connectivity index (χ0v) is 6.95. The fraction of sp³-hybridized carbons (Fsp3) is 0.0769. The predicted octanol–water partition coefficient (Wildman–Crippen LogP) is 2.84. The number of anilines is 1. The van der Waals surface area contributed by atoms with E-state index in [1.54, 1.807) is 0 Å². The maximum absolute atomic E-state index is 8.31. The van der Waals surface area contributed by atoms with Crippen LogP contribution in [0.15, 0.2) is 42.3 Å². The van der Waals surface area contributed by atoms with Crippen molar-refractivity contribution in [1.29, 1.82) is 0 Å². The standard InChI is InChI=1S/C13H11N/c14-11-5-6-13-10(8-11)7-9-3-1-2-4-12(9)13/h1-6,8H,7,14H2/i1D,2D,3D,4D,5D,6D,7D2,8D/hD2. The molecule has 0 unspecified atom stereocenters. The van der Waals surface area contributed by atoms with Gasteiger partial charge < -0.3 is 5.72 Å². The minimum Gasteiger partial charge on any atom is -0.399 e. The molecular weight excluding hydrogens is 170 g/mol. The van der Waals surface area contributed by atoms with E-state index in [0.717, 1.165) is 0 Å². The summed E-state index contributed by atoms with van der Waals surface area (Å²) < 4.78 is 87.0. The van der Waals surface area contributed by atoms with E-state index >= 15 is 0 Å². The van der Waals surface area contributed by atoms with Crippen molar-refractivity contribution in [1.82, 2.24) is 0 Å². The third kappa shape index (κ3) is 0.956. The quantitative estimate of drug-likeness (QED) is 0.691. The summed E-state index contributed by atoms with van der Waals surface area (Å²) in [6.07, 6.45) is -2.52. The minimum absolute atomic E-state index is 0.0445. The highest BCUT2D eigenvalue weighted by molar-refractivity contribution is 5.78. The molecule has 0 saturated heterocycles. The Labute approximate surface area is 98.8 Å². The maximum Gasteiger partial charge on any atom is 0.156 e. The third-order valence-corrected chi connectivity index (χ3v) is 1.99. The van der Waals surface area contributed by atoms with Gasteiger partial charge >= 0.3 is 0 Å².